The molecule has 2 aliphatic rings. The van der Waals surface area contributed by atoms with Gasteiger partial charge in [0.05, 0.1) is 0 Å². The molecular formula is C16H22N2O. The number of aryl methyl sites for hydroxylation is 1. The van der Waals surface area contributed by atoms with Gasteiger partial charge in [0.2, 0.25) is 5.91 Å². The second-order valence-electron chi connectivity index (χ2n) is 5.63. The van der Waals surface area contributed by atoms with E-state index in [2.05, 4.69) is 17.0 Å². The summed E-state index contributed by atoms with van der Waals surface area (Å²) in [5.74, 6) is 0.319. The van der Waals surface area contributed by atoms with E-state index in [1.54, 1.807) is 0 Å². The highest BCUT2D eigenvalue weighted by Crippen LogP contribution is 2.27. The van der Waals surface area contributed by atoms with Gasteiger partial charge in [-0.15, -0.1) is 0 Å². The molecule has 0 N–H and O–H groups in total. The van der Waals surface area contributed by atoms with Crippen molar-refractivity contribution in [3.8, 4) is 0 Å². The molecule has 0 radical (unpaired) electrons. The summed E-state index contributed by atoms with van der Waals surface area (Å²) < 4.78 is 0. The van der Waals surface area contributed by atoms with Crippen LogP contribution in [0.2, 0.25) is 0 Å². The summed E-state index contributed by atoms with van der Waals surface area (Å²) in [5.41, 5.74) is 1.26. The monoisotopic (exact) mass is 258 g/mol. The van der Waals surface area contributed by atoms with Crippen molar-refractivity contribution in [3.63, 3.8) is 0 Å². The minimum absolute atomic E-state index is 0.319. The third-order valence-electron chi connectivity index (χ3n) is 4.20. The third kappa shape index (κ3) is 3.35. The summed E-state index contributed by atoms with van der Waals surface area (Å²) in [6, 6.07) is 11.1. The predicted octanol–water partition coefficient (Wildman–Crippen LogP) is 1.93. The molecule has 1 aliphatic carbocycles. The van der Waals surface area contributed by atoms with Crippen molar-refractivity contribution in [1.29, 1.82) is 0 Å². The van der Waals surface area contributed by atoms with Gasteiger partial charge >= 0.3 is 0 Å². The minimum Gasteiger partial charge on any atom is -0.340 e. The number of hydrogen-bond donors (Lipinski definition) is 0. The normalized spacial score (nSPS) is 20.5. The number of benzene rings is 1. The molecule has 1 saturated carbocycles. The molecule has 3 rings (SSSR count). The maximum atomic E-state index is 12.2. The van der Waals surface area contributed by atoms with E-state index in [-0.39, 0.29) is 0 Å². The Hall–Kier alpha value is -1.35. The van der Waals surface area contributed by atoms with Crippen LogP contribution in [0.25, 0.3) is 0 Å². The van der Waals surface area contributed by atoms with Crippen molar-refractivity contribution < 1.29 is 4.79 Å². The molecule has 1 aliphatic heterocycles. The Kier molecular flexibility index (Phi) is 3.83. The number of amides is 1. The van der Waals surface area contributed by atoms with E-state index in [1.165, 1.54) is 18.4 Å². The van der Waals surface area contributed by atoms with Gasteiger partial charge in [0.1, 0.15) is 0 Å². The standard InChI is InChI=1S/C16H22N2O/c19-16(9-6-14-4-2-1-3-5-14)18-12-10-17(11-13-18)15-7-8-15/h1-5,15H,6-13H2. The highest BCUT2D eigenvalue weighted by atomic mass is 16.2. The van der Waals surface area contributed by atoms with Gasteiger partial charge in [-0.1, -0.05) is 30.3 Å². The van der Waals surface area contributed by atoms with Crippen LogP contribution >= 0.6 is 0 Å². The Morgan fingerprint density at radius 2 is 1.74 bits per heavy atom. The van der Waals surface area contributed by atoms with Crippen molar-refractivity contribution in [2.45, 2.75) is 31.7 Å². The van der Waals surface area contributed by atoms with Gasteiger partial charge in [-0.25, -0.2) is 0 Å². The van der Waals surface area contributed by atoms with Gasteiger partial charge < -0.3 is 4.90 Å². The van der Waals surface area contributed by atoms with Crippen LogP contribution in [0.1, 0.15) is 24.8 Å². The molecule has 0 unspecified atom stereocenters. The van der Waals surface area contributed by atoms with Crippen molar-refractivity contribution in [1.82, 2.24) is 9.80 Å². The van der Waals surface area contributed by atoms with E-state index in [0.717, 1.165) is 38.6 Å². The molecule has 1 aromatic rings. The molecule has 0 spiro atoms. The molecule has 1 heterocycles. The molecule has 0 atom stereocenters. The third-order valence-corrected chi connectivity index (χ3v) is 4.20. The smallest absolute Gasteiger partial charge is 0.222 e. The lowest BCUT2D eigenvalue weighted by Gasteiger charge is -2.34. The molecule has 19 heavy (non-hydrogen) atoms. The number of hydrogen-bond acceptors (Lipinski definition) is 2. The van der Waals surface area contributed by atoms with Crippen molar-refractivity contribution in [3.05, 3.63) is 35.9 Å². The summed E-state index contributed by atoms with van der Waals surface area (Å²) in [7, 11) is 0. The van der Waals surface area contributed by atoms with E-state index >= 15 is 0 Å². The lowest BCUT2D eigenvalue weighted by molar-refractivity contribution is -0.133. The molecule has 0 aromatic heterocycles. The van der Waals surface area contributed by atoms with Crippen LogP contribution in [-0.4, -0.2) is 47.9 Å². The van der Waals surface area contributed by atoms with Crippen molar-refractivity contribution in [2.24, 2.45) is 0 Å². The average molecular weight is 258 g/mol. The Labute approximate surface area is 115 Å². The fourth-order valence-corrected chi connectivity index (χ4v) is 2.83. The largest absolute Gasteiger partial charge is 0.340 e. The first-order valence-corrected chi connectivity index (χ1v) is 7.39. The lowest BCUT2D eigenvalue weighted by Crippen LogP contribution is -2.49. The zero-order chi connectivity index (χ0) is 13.1. The van der Waals surface area contributed by atoms with Crippen molar-refractivity contribution >= 4 is 5.91 Å². The fraction of sp³-hybridized carbons (Fsp3) is 0.562. The maximum Gasteiger partial charge on any atom is 0.222 e. The topological polar surface area (TPSA) is 23.6 Å². The second-order valence-corrected chi connectivity index (χ2v) is 5.63. The molecule has 1 amide bonds. The van der Waals surface area contributed by atoms with E-state index in [1.807, 2.05) is 23.1 Å². The summed E-state index contributed by atoms with van der Waals surface area (Å²) in [6.45, 7) is 3.98. The Morgan fingerprint density at radius 3 is 2.37 bits per heavy atom. The quantitative estimate of drug-likeness (QED) is 0.824. The summed E-state index contributed by atoms with van der Waals surface area (Å²) in [5, 5.41) is 0. The van der Waals surface area contributed by atoms with Gasteiger partial charge in [0.25, 0.3) is 0 Å². The summed E-state index contributed by atoms with van der Waals surface area (Å²) in [4.78, 5) is 16.8. The van der Waals surface area contributed by atoms with E-state index < -0.39 is 0 Å². The van der Waals surface area contributed by atoms with Crippen molar-refractivity contribution in [2.75, 3.05) is 26.2 Å². The Morgan fingerprint density at radius 1 is 1.05 bits per heavy atom. The second kappa shape index (κ2) is 5.74. The number of piperazine rings is 1. The van der Waals surface area contributed by atoms with E-state index in [0.29, 0.717) is 12.3 Å². The molecule has 3 nitrogen and oxygen atoms in total. The molecule has 2 fully saturated rings. The highest BCUT2D eigenvalue weighted by Gasteiger charge is 2.31. The van der Waals surface area contributed by atoms with Gasteiger partial charge in [-0.2, -0.15) is 0 Å². The van der Waals surface area contributed by atoms with Gasteiger partial charge in [-0.05, 0) is 24.8 Å². The van der Waals surface area contributed by atoms with Crippen LogP contribution in [0.15, 0.2) is 30.3 Å². The molecule has 0 bridgehead atoms. The number of carbonyl (C=O) groups excluding carboxylic acids is 1. The number of nitrogens with zero attached hydrogens (tertiary/aromatic N) is 2. The van der Waals surface area contributed by atoms with Gasteiger partial charge in [0, 0.05) is 38.6 Å². The first kappa shape index (κ1) is 12.7. The zero-order valence-corrected chi connectivity index (χ0v) is 11.4. The first-order valence-electron chi connectivity index (χ1n) is 7.39. The number of rotatable bonds is 4. The SMILES string of the molecule is O=C(CCc1ccccc1)N1CCN(C2CC2)CC1. The first-order chi connectivity index (χ1) is 9.33. The van der Waals surface area contributed by atoms with E-state index in [9.17, 15) is 4.79 Å². The molecule has 102 valence electrons. The average Bonchev–Trinajstić information content (AvgIpc) is 3.31. The van der Waals surface area contributed by atoms with Gasteiger partial charge in [-0.3, -0.25) is 9.69 Å². The summed E-state index contributed by atoms with van der Waals surface area (Å²) >= 11 is 0. The fourth-order valence-electron chi connectivity index (χ4n) is 2.83. The summed E-state index contributed by atoms with van der Waals surface area (Å²) in [6.07, 6.45) is 4.24. The van der Waals surface area contributed by atoms with Crippen LogP contribution in [0.4, 0.5) is 0 Å². The van der Waals surface area contributed by atoms with E-state index in [4.69, 9.17) is 0 Å². The lowest BCUT2D eigenvalue weighted by atomic mass is 10.1. The maximum absolute atomic E-state index is 12.2. The minimum atomic E-state index is 0.319. The number of carbonyl (C=O) groups is 1. The Balaban J connectivity index is 1.43. The Bertz CT molecular complexity index is 420. The van der Waals surface area contributed by atoms with Crippen LogP contribution in [0.5, 0.6) is 0 Å². The molecule has 1 aromatic carbocycles. The zero-order valence-electron chi connectivity index (χ0n) is 11.4. The predicted molar refractivity (Wildman–Crippen MR) is 75.9 cm³/mol. The van der Waals surface area contributed by atoms with Crippen LogP contribution < -0.4 is 0 Å². The molecule has 3 heteroatoms. The van der Waals surface area contributed by atoms with Gasteiger partial charge in [0.15, 0.2) is 0 Å². The highest BCUT2D eigenvalue weighted by molar-refractivity contribution is 5.76. The molecule has 1 saturated heterocycles. The van der Waals surface area contributed by atoms with Crippen LogP contribution in [0, 0.1) is 0 Å². The van der Waals surface area contributed by atoms with Crippen LogP contribution in [-0.2, 0) is 11.2 Å². The van der Waals surface area contributed by atoms with Crippen LogP contribution in [0.3, 0.4) is 0 Å². The molecular weight excluding hydrogens is 236 g/mol.